The number of aromatic nitrogens is 2. The molecule has 3 aromatic rings. The number of benzene rings is 2. The molecule has 1 heterocycles. The van der Waals surface area contributed by atoms with Crippen molar-refractivity contribution in [2.75, 3.05) is 0 Å². The first-order chi connectivity index (χ1) is 9.84. The number of nitrogens with one attached hydrogen (secondary N) is 1. The summed E-state index contributed by atoms with van der Waals surface area (Å²) >= 11 is 0. The van der Waals surface area contributed by atoms with Gasteiger partial charge in [0, 0.05) is 0 Å². The van der Waals surface area contributed by atoms with Crippen molar-refractivity contribution in [1.82, 2.24) is 4.98 Å². The minimum atomic E-state index is 1.19. The van der Waals surface area contributed by atoms with Crippen LogP contribution in [0.5, 0.6) is 0 Å². The quantitative estimate of drug-likeness (QED) is 0.541. The smallest absolute Gasteiger partial charge is 0.242 e. The summed E-state index contributed by atoms with van der Waals surface area (Å²) < 4.78 is 2.10. The number of imidazole rings is 1. The normalized spacial score (nSPS) is 8.75. The van der Waals surface area contributed by atoms with Gasteiger partial charge in [-0.25, -0.2) is 9.55 Å². The van der Waals surface area contributed by atoms with Crippen LogP contribution >= 0.6 is 0 Å². The third kappa shape index (κ3) is 4.09. The average molecular weight is 273 g/mol. The Kier molecular flexibility index (Phi) is 9.10. The maximum absolute atomic E-state index is 3.24. The highest BCUT2D eigenvalue weighted by Gasteiger charge is 2.06. The molecule has 20 heavy (non-hydrogen) atoms. The second kappa shape index (κ2) is 10.0. The fraction of sp³-hybridized carbons (Fsp3) is 0.389. The summed E-state index contributed by atoms with van der Waals surface area (Å²) in [6.07, 6.45) is 1.98. The van der Waals surface area contributed by atoms with Gasteiger partial charge in [-0.15, -0.1) is 0 Å². The lowest BCUT2D eigenvalue weighted by atomic mass is 10.1. The lowest BCUT2D eigenvalue weighted by Crippen LogP contribution is -2.24. The number of hydrogen-bond acceptors (Lipinski definition) is 0. The SMILES string of the molecule is CC.CC.CC.C[n+]1c[nH]c2cc3ccccc3cc21. The lowest BCUT2D eigenvalue weighted by Gasteiger charge is -1.95. The van der Waals surface area contributed by atoms with Gasteiger partial charge in [0.2, 0.25) is 6.33 Å². The van der Waals surface area contributed by atoms with E-state index < -0.39 is 0 Å². The largest absolute Gasteiger partial charge is 0.243 e. The van der Waals surface area contributed by atoms with E-state index in [9.17, 15) is 0 Å². The zero-order valence-corrected chi connectivity index (χ0v) is 14.0. The molecule has 3 rings (SSSR count). The zero-order chi connectivity index (χ0) is 15.5. The minimum absolute atomic E-state index is 1.19. The number of aromatic amines is 1. The first-order valence-corrected chi connectivity index (χ1v) is 7.70. The molecule has 2 heteroatoms. The Bertz CT molecular complexity index is 609. The van der Waals surface area contributed by atoms with E-state index in [0.717, 1.165) is 0 Å². The van der Waals surface area contributed by atoms with Gasteiger partial charge < -0.3 is 0 Å². The van der Waals surface area contributed by atoms with Gasteiger partial charge in [-0.1, -0.05) is 65.8 Å². The van der Waals surface area contributed by atoms with Gasteiger partial charge in [-0.2, -0.15) is 0 Å². The van der Waals surface area contributed by atoms with Crippen molar-refractivity contribution in [1.29, 1.82) is 0 Å². The minimum Gasteiger partial charge on any atom is -0.243 e. The van der Waals surface area contributed by atoms with Crippen molar-refractivity contribution in [2.45, 2.75) is 41.5 Å². The van der Waals surface area contributed by atoms with Gasteiger partial charge in [-0.05, 0) is 22.9 Å². The summed E-state index contributed by atoms with van der Waals surface area (Å²) in [4.78, 5) is 3.24. The molecule has 0 aliphatic rings. The highest BCUT2D eigenvalue weighted by atomic mass is 15.0. The van der Waals surface area contributed by atoms with Crippen molar-refractivity contribution in [2.24, 2.45) is 7.05 Å². The summed E-state index contributed by atoms with van der Waals surface area (Å²) in [5, 5.41) is 2.57. The van der Waals surface area contributed by atoms with Gasteiger partial charge >= 0.3 is 0 Å². The fourth-order valence-corrected chi connectivity index (χ4v) is 1.87. The predicted octanol–water partition coefficient (Wildman–Crippen LogP) is 5.22. The zero-order valence-electron chi connectivity index (χ0n) is 14.0. The van der Waals surface area contributed by atoms with E-state index in [1.54, 1.807) is 0 Å². The van der Waals surface area contributed by atoms with Gasteiger partial charge in [0.1, 0.15) is 0 Å². The third-order valence-corrected chi connectivity index (χ3v) is 2.66. The Morgan fingerprint density at radius 3 is 1.85 bits per heavy atom. The van der Waals surface area contributed by atoms with E-state index in [4.69, 9.17) is 0 Å². The van der Waals surface area contributed by atoms with Crippen LogP contribution in [0.3, 0.4) is 0 Å². The van der Waals surface area contributed by atoms with Crippen molar-refractivity contribution < 1.29 is 4.57 Å². The maximum atomic E-state index is 3.24. The van der Waals surface area contributed by atoms with Gasteiger partial charge in [0.05, 0.1) is 7.05 Å². The molecule has 0 aliphatic carbocycles. The van der Waals surface area contributed by atoms with Crippen LogP contribution < -0.4 is 4.57 Å². The van der Waals surface area contributed by atoms with E-state index in [2.05, 4.69) is 45.9 Å². The molecule has 110 valence electrons. The lowest BCUT2D eigenvalue weighted by molar-refractivity contribution is -0.644. The molecule has 0 fully saturated rings. The Morgan fingerprint density at radius 2 is 1.30 bits per heavy atom. The van der Waals surface area contributed by atoms with Crippen LogP contribution in [0.4, 0.5) is 0 Å². The summed E-state index contributed by atoms with van der Waals surface area (Å²) in [7, 11) is 2.05. The van der Waals surface area contributed by atoms with Crippen LogP contribution in [0.1, 0.15) is 41.5 Å². The van der Waals surface area contributed by atoms with Crippen LogP contribution in [0.25, 0.3) is 21.8 Å². The van der Waals surface area contributed by atoms with Crippen molar-refractivity contribution in [3.8, 4) is 0 Å². The first-order valence-electron chi connectivity index (χ1n) is 7.70. The van der Waals surface area contributed by atoms with E-state index in [0.29, 0.717) is 0 Å². The van der Waals surface area contributed by atoms with E-state index >= 15 is 0 Å². The van der Waals surface area contributed by atoms with Crippen LogP contribution in [-0.2, 0) is 7.05 Å². The number of fused-ring (bicyclic) bond motifs is 2. The molecule has 0 aliphatic heterocycles. The molecule has 0 unspecified atom stereocenters. The Hall–Kier alpha value is -1.83. The van der Waals surface area contributed by atoms with Crippen LogP contribution in [0.2, 0.25) is 0 Å². The molecule has 0 spiro atoms. The molecule has 0 bridgehead atoms. The number of nitrogens with zero attached hydrogens (tertiary/aromatic N) is 1. The fourth-order valence-electron chi connectivity index (χ4n) is 1.87. The van der Waals surface area contributed by atoms with Gasteiger partial charge in [-0.3, -0.25) is 0 Å². The average Bonchev–Trinajstić information content (AvgIpc) is 2.92. The van der Waals surface area contributed by atoms with Gasteiger partial charge in [0.15, 0.2) is 11.0 Å². The summed E-state index contributed by atoms with van der Waals surface area (Å²) in [6.45, 7) is 12.0. The molecular formula is C18H29N2+. The van der Waals surface area contributed by atoms with E-state index in [1.807, 2.05) is 54.9 Å². The molecular weight excluding hydrogens is 244 g/mol. The Balaban J connectivity index is 0.000000538. The van der Waals surface area contributed by atoms with Crippen LogP contribution in [-0.4, -0.2) is 4.98 Å². The third-order valence-electron chi connectivity index (χ3n) is 2.66. The Labute approximate surface area is 123 Å². The molecule has 0 saturated heterocycles. The van der Waals surface area contributed by atoms with Crippen molar-refractivity contribution in [3.05, 3.63) is 42.7 Å². The molecule has 2 aromatic carbocycles. The second-order valence-corrected chi connectivity index (χ2v) is 3.60. The number of aryl methyl sites for hydroxylation is 1. The summed E-state index contributed by atoms with van der Waals surface area (Å²) in [5.74, 6) is 0. The van der Waals surface area contributed by atoms with Crippen molar-refractivity contribution >= 4 is 21.8 Å². The van der Waals surface area contributed by atoms with Crippen molar-refractivity contribution in [3.63, 3.8) is 0 Å². The van der Waals surface area contributed by atoms with Crippen LogP contribution in [0.15, 0.2) is 42.7 Å². The predicted molar refractivity (Wildman–Crippen MR) is 91.0 cm³/mol. The molecule has 2 nitrogen and oxygen atoms in total. The van der Waals surface area contributed by atoms with E-state index in [1.165, 1.54) is 21.8 Å². The molecule has 1 N–H and O–H groups in total. The second-order valence-electron chi connectivity index (χ2n) is 3.60. The standard InChI is InChI=1S/C12H10N2.3C2H6/c1-14-8-13-11-6-9-4-2-3-5-10(9)7-12(11)14;3*1-2/h2-8H,1H3;3*1-2H3/p+1. The molecule has 1 aromatic heterocycles. The summed E-state index contributed by atoms with van der Waals surface area (Å²) in [6, 6.07) is 12.8. The topological polar surface area (TPSA) is 19.7 Å². The van der Waals surface area contributed by atoms with Gasteiger partial charge in [0.25, 0.3) is 0 Å². The highest BCUT2D eigenvalue weighted by Crippen LogP contribution is 2.18. The number of hydrogen-bond donors (Lipinski definition) is 1. The highest BCUT2D eigenvalue weighted by molar-refractivity contribution is 5.93. The van der Waals surface area contributed by atoms with E-state index in [-0.39, 0.29) is 0 Å². The Morgan fingerprint density at radius 1 is 0.800 bits per heavy atom. The first kappa shape index (κ1) is 18.2. The number of rotatable bonds is 0. The maximum Gasteiger partial charge on any atom is 0.242 e. The molecule has 0 radical (unpaired) electrons. The number of H-pyrrole nitrogens is 1. The van der Waals surface area contributed by atoms with Crippen LogP contribution in [0, 0.1) is 0 Å². The monoisotopic (exact) mass is 273 g/mol. The molecule has 0 amide bonds. The molecule has 0 atom stereocenters. The summed E-state index contributed by atoms with van der Waals surface area (Å²) in [5.41, 5.74) is 2.43. The molecule has 0 saturated carbocycles.